The molecule has 0 spiro atoms. The van der Waals surface area contributed by atoms with E-state index in [-0.39, 0.29) is 6.61 Å². The maximum absolute atomic E-state index is 12.5. The smallest absolute Gasteiger partial charge is 0.142 e. The molecule has 1 saturated heterocycles. The van der Waals surface area contributed by atoms with E-state index in [4.69, 9.17) is 9.47 Å². The largest absolute Gasteiger partial charge is 0.497 e. The molecular formula is C25H33FN2O2. The second-order valence-electron chi connectivity index (χ2n) is 8.37. The first-order valence-corrected chi connectivity index (χ1v) is 11.2. The van der Waals surface area contributed by atoms with E-state index in [0.29, 0.717) is 0 Å². The minimum absolute atomic E-state index is 0.118. The van der Waals surface area contributed by atoms with Crippen LogP contribution in [-0.2, 0) is 12.8 Å². The number of anilines is 1. The quantitative estimate of drug-likeness (QED) is 0.643. The fourth-order valence-electron chi connectivity index (χ4n) is 4.75. The topological polar surface area (TPSA) is 24.9 Å². The van der Waals surface area contributed by atoms with Gasteiger partial charge < -0.3 is 14.4 Å². The number of rotatable bonds is 8. The van der Waals surface area contributed by atoms with Crippen molar-refractivity contribution in [3.05, 3.63) is 53.6 Å². The number of benzene rings is 2. The summed E-state index contributed by atoms with van der Waals surface area (Å²) < 4.78 is 23.5. The number of fused-ring (bicyclic) bond motifs is 1. The maximum Gasteiger partial charge on any atom is 0.142 e. The van der Waals surface area contributed by atoms with Crippen LogP contribution in [-0.4, -0.2) is 58.0 Å². The lowest BCUT2D eigenvalue weighted by Gasteiger charge is -2.37. The summed E-state index contributed by atoms with van der Waals surface area (Å²) in [6.07, 6.45) is 4.91. The summed E-state index contributed by atoms with van der Waals surface area (Å²) in [6, 6.07) is 14.5. The predicted octanol–water partition coefficient (Wildman–Crippen LogP) is 4.36. The van der Waals surface area contributed by atoms with Crippen LogP contribution in [0.2, 0.25) is 0 Å². The fourth-order valence-corrected chi connectivity index (χ4v) is 4.75. The Kier molecular flexibility index (Phi) is 7.11. The average molecular weight is 413 g/mol. The summed E-state index contributed by atoms with van der Waals surface area (Å²) in [4.78, 5) is 4.95. The van der Waals surface area contributed by atoms with Crippen molar-refractivity contribution in [2.24, 2.45) is 5.92 Å². The van der Waals surface area contributed by atoms with Gasteiger partial charge in [-0.2, -0.15) is 0 Å². The number of hydrogen-bond acceptors (Lipinski definition) is 4. The number of para-hydroxylation sites is 2. The van der Waals surface area contributed by atoms with Crippen molar-refractivity contribution in [3.63, 3.8) is 0 Å². The van der Waals surface area contributed by atoms with Crippen LogP contribution in [0.15, 0.2) is 42.5 Å². The molecule has 1 heterocycles. The van der Waals surface area contributed by atoms with Crippen molar-refractivity contribution in [1.29, 1.82) is 0 Å². The summed E-state index contributed by atoms with van der Waals surface area (Å²) >= 11 is 0. The van der Waals surface area contributed by atoms with Gasteiger partial charge in [0.05, 0.1) is 12.8 Å². The highest BCUT2D eigenvalue weighted by molar-refractivity contribution is 5.58. The molecule has 5 heteroatoms. The average Bonchev–Trinajstić information content (AvgIpc) is 2.81. The molecule has 0 radical (unpaired) electrons. The molecule has 0 bridgehead atoms. The van der Waals surface area contributed by atoms with Crippen LogP contribution >= 0.6 is 0 Å². The zero-order valence-corrected chi connectivity index (χ0v) is 18.0. The second kappa shape index (κ2) is 10.2. The van der Waals surface area contributed by atoms with E-state index in [9.17, 15) is 4.39 Å². The molecule has 0 N–H and O–H groups in total. The van der Waals surface area contributed by atoms with Crippen molar-refractivity contribution < 1.29 is 13.9 Å². The molecule has 1 atom stereocenters. The second-order valence-corrected chi connectivity index (χ2v) is 8.37. The molecule has 0 aromatic heterocycles. The molecule has 1 fully saturated rings. The van der Waals surface area contributed by atoms with E-state index in [0.717, 1.165) is 55.8 Å². The van der Waals surface area contributed by atoms with E-state index >= 15 is 0 Å². The Hall–Kier alpha value is -2.27. The maximum atomic E-state index is 12.5. The van der Waals surface area contributed by atoms with Gasteiger partial charge in [0, 0.05) is 26.2 Å². The lowest BCUT2D eigenvalue weighted by molar-refractivity contribution is 0.231. The van der Waals surface area contributed by atoms with Crippen molar-refractivity contribution in [2.45, 2.75) is 25.7 Å². The highest BCUT2D eigenvalue weighted by Gasteiger charge is 2.23. The summed E-state index contributed by atoms with van der Waals surface area (Å²) in [6.45, 7) is 4.93. The Morgan fingerprint density at radius 1 is 1.03 bits per heavy atom. The van der Waals surface area contributed by atoms with Crippen LogP contribution in [0.4, 0.5) is 10.1 Å². The summed E-state index contributed by atoms with van der Waals surface area (Å²) in [5, 5.41) is 0. The van der Waals surface area contributed by atoms with Gasteiger partial charge in [0.25, 0.3) is 0 Å². The number of alkyl halides is 1. The molecule has 4 rings (SSSR count). The van der Waals surface area contributed by atoms with E-state index in [1.54, 1.807) is 7.11 Å². The zero-order valence-electron chi connectivity index (χ0n) is 18.0. The van der Waals surface area contributed by atoms with Gasteiger partial charge in [-0.25, -0.2) is 4.39 Å². The van der Waals surface area contributed by atoms with Crippen LogP contribution in [0.5, 0.6) is 11.5 Å². The third-order valence-electron chi connectivity index (χ3n) is 6.51. The molecule has 162 valence electrons. The van der Waals surface area contributed by atoms with Gasteiger partial charge in [-0.1, -0.05) is 18.2 Å². The van der Waals surface area contributed by atoms with Gasteiger partial charge in [-0.05, 0) is 73.5 Å². The lowest BCUT2D eigenvalue weighted by atomic mass is 9.82. The number of hydrogen-bond donors (Lipinski definition) is 0. The first-order chi connectivity index (χ1) is 14.8. The molecule has 1 aliphatic heterocycles. The zero-order chi connectivity index (χ0) is 20.8. The van der Waals surface area contributed by atoms with Crippen LogP contribution in [0.1, 0.15) is 24.0 Å². The molecule has 0 amide bonds. The minimum atomic E-state index is -0.458. The number of methoxy groups -OCH3 is 1. The SMILES string of the molecule is COc1ccc2c(c1)CC(CCN1CCN(c3ccccc3OCCF)CC1)CC2. The number of piperazine rings is 1. The molecule has 1 aliphatic carbocycles. The fraction of sp³-hybridized carbons (Fsp3) is 0.520. The molecule has 1 unspecified atom stereocenters. The van der Waals surface area contributed by atoms with Gasteiger partial charge in [-0.15, -0.1) is 0 Å². The van der Waals surface area contributed by atoms with Crippen LogP contribution < -0.4 is 14.4 Å². The number of aryl methyl sites for hydroxylation is 1. The minimum Gasteiger partial charge on any atom is -0.497 e. The molecule has 2 aromatic rings. The van der Waals surface area contributed by atoms with Crippen LogP contribution in [0.25, 0.3) is 0 Å². The molecule has 4 nitrogen and oxygen atoms in total. The Bertz CT molecular complexity index is 821. The Balaban J connectivity index is 1.26. The monoisotopic (exact) mass is 412 g/mol. The third kappa shape index (κ3) is 5.07. The summed E-state index contributed by atoms with van der Waals surface area (Å²) in [5.41, 5.74) is 4.05. The Morgan fingerprint density at radius 2 is 1.87 bits per heavy atom. The van der Waals surface area contributed by atoms with Crippen LogP contribution in [0.3, 0.4) is 0 Å². The van der Waals surface area contributed by atoms with Crippen molar-refractivity contribution in [2.75, 3.05) is 58.0 Å². The van der Waals surface area contributed by atoms with E-state index in [2.05, 4.69) is 34.1 Å². The summed E-state index contributed by atoms with van der Waals surface area (Å²) in [5.74, 6) is 2.53. The van der Waals surface area contributed by atoms with E-state index < -0.39 is 6.67 Å². The number of halogens is 1. The van der Waals surface area contributed by atoms with Gasteiger partial charge in [0.1, 0.15) is 24.8 Å². The Labute approximate surface area is 179 Å². The third-order valence-corrected chi connectivity index (χ3v) is 6.51. The van der Waals surface area contributed by atoms with Gasteiger partial charge in [0.15, 0.2) is 0 Å². The molecule has 2 aromatic carbocycles. The van der Waals surface area contributed by atoms with Gasteiger partial charge in [0.2, 0.25) is 0 Å². The summed E-state index contributed by atoms with van der Waals surface area (Å²) in [7, 11) is 1.74. The highest BCUT2D eigenvalue weighted by Crippen LogP contribution is 2.31. The van der Waals surface area contributed by atoms with Gasteiger partial charge in [-0.3, -0.25) is 4.90 Å². The predicted molar refractivity (Wildman–Crippen MR) is 120 cm³/mol. The number of nitrogens with zero attached hydrogens (tertiary/aromatic N) is 2. The Morgan fingerprint density at radius 3 is 2.67 bits per heavy atom. The van der Waals surface area contributed by atoms with Crippen molar-refractivity contribution >= 4 is 5.69 Å². The molecule has 30 heavy (non-hydrogen) atoms. The van der Waals surface area contributed by atoms with Gasteiger partial charge >= 0.3 is 0 Å². The van der Waals surface area contributed by atoms with Crippen molar-refractivity contribution in [3.8, 4) is 11.5 Å². The van der Waals surface area contributed by atoms with Crippen molar-refractivity contribution in [1.82, 2.24) is 4.90 Å². The number of ether oxygens (including phenoxy) is 2. The first-order valence-electron chi connectivity index (χ1n) is 11.2. The lowest BCUT2D eigenvalue weighted by Crippen LogP contribution is -2.47. The van der Waals surface area contributed by atoms with Crippen LogP contribution in [0, 0.1) is 5.92 Å². The molecular weight excluding hydrogens is 379 g/mol. The van der Waals surface area contributed by atoms with E-state index in [1.165, 1.54) is 36.8 Å². The molecule has 0 saturated carbocycles. The van der Waals surface area contributed by atoms with E-state index in [1.807, 2.05) is 18.2 Å². The highest BCUT2D eigenvalue weighted by atomic mass is 19.1. The standard InChI is InChI=1S/C25H33FN2O2/c1-29-23-9-8-21-7-6-20(18-22(21)19-23)10-12-27-13-15-28(16-14-27)24-4-2-3-5-25(24)30-17-11-26/h2-5,8-9,19-20H,6-7,10-18H2,1H3. The molecule has 2 aliphatic rings. The first kappa shape index (κ1) is 21.0. The normalized spacial score (nSPS) is 19.4.